The highest BCUT2D eigenvalue weighted by molar-refractivity contribution is 7.99. The van der Waals surface area contributed by atoms with Crippen molar-refractivity contribution >= 4 is 23.7 Å². The third-order valence-corrected chi connectivity index (χ3v) is 5.66. The summed E-state index contributed by atoms with van der Waals surface area (Å²) < 4.78 is 4.84. The van der Waals surface area contributed by atoms with Gasteiger partial charge in [0.25, 0.3) is 0 Å². The predicted molar refractivity (Wildman–Crippen MR) is 125 cm³/mol. The number of benzene rings is 1. The molecular formula is C24H38O5S. The zero-order chi connectivity index (χ0) is 22.8. The Labute approximate surface area is 185 Å². The molecule has 1 aromatic carbocycles. The van der Waals surface area contributed by atoms with Gasteiger partial charge in [-0.1, -0.05) is 71.6 Å². The van der Waals surface area contributed by atoms with Crippen molar-refractivity contribution in [2.45, 2.75) is 76.7 Å². The molecule has 0 saturated carbocycles. The highest BCUT2D eigenvalue weighted by Crippen LogP contribution is 2.23. The van der Waals surface area contributed by atoms with E-state index in [1.807, 2.05) is 12.1 Å². The number of carbonyl (C=O) groups excluding carboxylic acids is 1. The van der Waals surface area contributed by atoms with Crippen molar-refractivity contribution in [2.75, 3.05) is 6.61 Å². The quantitative estimate of drug-likeness (QED) is 0.204. The molecule has 0 saturated heterocycles. The third-order valence-electron chi connectivity index (χ3n) is 4.32. The summed E-state index contributed by atoms with van der Waals surface area (Å²) in [5, 5.41) is 17.9. The minimum absolute atomic E-state index is 0.236. The number of carbonyl (C=O) groups is 2. The zero-order valence-corrected chi connectivity index (χ0v) is 19.5. The lowest BCUT2D eigenvalue weighted by Crippen LogP contribution is -2.16. The molecule has 0 radical (unpaired) electrons. The van der Waals surface area contributed by atoms with E-state index in [4.69, 9.17) is 14.9 Å². The normalized spacial score (nSPS) is 11.3. The molecule has 0 heterocycles. The maximum Gasteiger partial charge on any atom is 0.330 e. The SMILES string of the molecule is C=CC(=O)OCCCCCC(C)C.CCCCC(SCc1ccc(O)cc1)C(=O)O. The maximum absolute atomic E-state index is 11.0. The van der Waals surface area contributed by atoms with Crippen molar-refractivity contribution in [3.8, 4) is 5.75 Å². The van der Waals surface area contributed by atoms with Gasteiger partial charge in [0, 0.05) is 11.8 Å². The smallest absolute Gasteiger partial charge is 0.330 e. The lowest BCUT2D eigenvalue weighted by molar-refractivity contribution is -0.138. The first-order valence-corrected chi connectivity index (χ1v) is 11.8. The molecule has 0 amide bonds. The molecule has 0 spiro atoms. The van der Waals surface area contributed by atoms with Gasteiger partial charge in [-0.3, -0.25) is 4.79 Å². The number of unbranched alkanes of at least 4 members (excludes halogenated alkanes) is 3. The Hall–Kier alpha value is -1.95. The van der Waals surface area contributed by atoms with Crippen LogP contribution < -0.4 is 0 Å². The van der Waals surface area contributed by atoms with E-state index in [0.717, 1.165) is 37.2 Å². The first-order chi connectivity index (χ1) is 14.3. The van der Waals surface area contributed by atoms with Crippen LogP contribution in [0, 0.1) is 5.92 Å². The summed E-state index contributed by atoms with van der Waals surface area (Å²) >= 11 is 1.45. The molecule has 6 heteroatoms. The van der Waals surface area contributed by atoms with E-state index >= 15 is 0 Å². The van der Waals surface area contributed by atoms with Crippen LogP contribution in [-0.2, 0) is 20.1 Å². The highest BCUT2D eigenvalue weighted by Gasteiger charge is 2.16. The molecule has 0 fully saturated rings. The van der Waals surface area contributed by atoms with Gasteiger partial charge in [0.15, 0.2) is 0 Å². The monoisotopic (exact) mass is 438 g/mol. The second kappa shape index (κ2) is 17.9. The molecule has 1 atom stereocenters. The fraction of sp³-hybridized carbons (Fsp3) is 0.583. The summed E-state index contributed by atoms with van der Waals surface area (Å²) in [4.78, 5) is 21.6. The number of phenolic OH excluding ortho intramolecular Hbond substituents is 1. The molecule has 0 aliphatic heterocycles. The average molecular weight is 439 g/mol. The van der Waals surface area contributed by atoms with Gasteiger partial charge in [-0.2, -0.15) is 0 Å². The minimum Gasteiger partial charge on any atom is -0.508 e. The van der Waals surface area contributed by atoms with Crippen LogP contribution in [0.2, 0.25) is 0 Å². The molecule has 170 valence electrons. The molecule has 5 nitrogen and oxygen atoms in total. The number of phenols is 1. The first kappa shape index (κ1) is 28.1. The Morgan fingerprint density at radius 3 is 2.30 bits per heavy atom. The van der Waals surface area contributed by atoms with E-state index in [1.54, 1.807) is 12.1 Å². The Morgan fingerprint density at radius 2 is 1.77 bits per heavy atom. The average Bonchev–Trinajstić information content (AvgIpc) is 2.71. The van der Waals surface area contributed by atoms with Crippen LogP contribution in [0.3, 0.4) is 0 Å². The van der Waals surface area contributed by atoms with Crippen molar-refractivity contribution in [3.05, 3.63) is 42.5 Å². The third kappa shape index (κ3) is 15.9. The van der Waals surface area contributed by atoms with Crippen molar-refractivity contribution in [2.24, 2.45) is 5.92 Å². The number of aromatic hydroxyl groups is 1. The van der Waals surface area contributed by atoms with Crippen molar-refractivity contribution < 1.29 is 24.5 Å². The number of aliphatic carboxylic acids is 1. The van der Waals surface area contributed by atoms with Gasteiger partial charge in [-0.15, -0.1) is 11.8 Å². The largest absolute Gasteiger partial charge is 0.508 e. The van der Waals surface area contributed by atoms with Crippen molar-refractivity contribution in [1.82, 2.24) is 0 Å². The number of hydrogen-bond acceptors (Lipinski definition) is 5. The number of ether oxygens (including phenoxy) is 1. The van der Waals surface area contributed by atoms with Crippen LogP contribution in [0.15, 0.2) is 36.9 Å². The summed E-state index contributed by atoms with van der Waals surface area (Å²) in [6, 6.07) is 6.89. The fourth-order valence-electron chi connectivity index (χ4n) is 2.52. The van der Waals surface area contributed by atoms with Gasteiger partial charge in [0.2, 0.25) is 0 Å². The summed E-state index contributed by atoms with van der Waals surface area (Å²) in [7, 11) is 0. The predicted octanol–water partition coefficient (Wildman–Crippen LogP) is 6.20. The van der Waals surface area contributed by atoms with E-state index in [2.05, 4.69) is 27.4 Å². The second-order valence-electron chi connectivity index (χ2n) is 7.56. The summed E-state index contributed by atoms with van der Waals surface area (Å²) in [5.41, 5.74) is 1.04. The standard InChI is InChI=1S/C13H18O3S.C11H20O2/c1-2-3-4-12(13(15)16)17-9-10-5-7-11(14)8-6-10;1-4-11(12)13-9-7-5-6-8-10(2)3/h5-8,12,14H,2-4,9H2,1H3,(H,15,16);4,10H,1,5-9H2,2-3H3. The van der Waals surface area contributed by atoms with Gasteiger partial charge in [-0.25, -0.2) is 4.79 Å². The van der Waals surface area contributed by atoms with E-state index < -0.39 is 5.97 Å². The lowest BCUT2D eigenvalue weighted by Gasteiger charge is -2.11. The van der Waals surface area contributed by atoms with Gasteiger partial charge in [0.05, 0.1) is 6.61 Å². The van der Waals surface area contributed by atoms with Gasteiger partial charge in [-0.05, 0) is 36.5 Å². The van der Waals surface area contributed by atoms with Gasteiger partial charge >= 0.3 is 11.9 Å². The van der Waals surface area contributed by atoms with Crippen LogP contribution in [0.5, 0.6) is 5.75 Å². The lowest BCUT2D eigenvalue weighted by atomic mass is 10.1. The number of carboxylic acids is 1. The number of hydrogen-bond donors (Lipinski definition) is 2. The van der Waals surface area contributed by atoms with Crippen LogP contribution in [0.25, 0.3) is 0 Å². The zero-order valence-electron chi connectivity index (χ0n) is 18.6. The number of esters is 1. The molecule has 2 N–H and O–H groups in total. The number of thioether (sulfide) groups is 1. The van der Waals surface area contributed by atoms with Crippen LogP contribution in [0.4, 0.5) is 0 Å². The molecular weight excluding hydrogens is 400 g/mol. The van der Waals surface area contributed by atoms with E-state index in [-0.39, 0.29) is 17.0 Å². The molecule has 0 aliphatic carbocycles. The number of carboxylic acid groups (broad SMARTS) is 1. The molecule has 0 aliphatic rings. The molecule has 1 unspecified atom stereocenters. The van der Waals surface area contributed by atoms with E-state index in [9.17, 15) is 9.59 Å². The molecule has 0 aromatic heterocycles. The Balaban J connectivity index is 0.000000584. The Kier molecular flexibility index (Phi) is 16.7. The van der Waals surface area contributed by atoms with Gasteiger partial charge < -0.3 is 14.9 Å². The minimum atomic E-state index is -0.734. The molecule has 0 bridgehead atoms. The summed E-state index contributed by atoms with van der Waals surface area (Å²) in [5.74, 6) is 0.627. The van der Waals surface area contributed by atoms with Gasteiger partial charge in [0.1, 0.15) is 11.0 Å². The maximum atomic E-state index is 11.0. The van der Waals surface area contributed by atoms with Crippen molar-refractivity contribution in [1.29, 1.82) is 0 Å². The number of rotatable bonds is 14. The molecule has 30 heavy (non-hydrogen) atoms. The van der Waals surface area contributed by atoms with Crippen molar-refractivity contribution in [3.63, 3.8) is 0 Å². The summed E-state index contributed by atoms with van der Waals surface area (Å²) in [6.07, 6.45) is 8.47. The summed E-state index contributed by atoms with van der Waals surface area (Å²) in [6.45, 7) is 10.4. The van der Waals surface area contributed by atoms with Crippen LogP contribution in [-0.4, -0.2) is 34.0 Å². The molecule has 1 aromatic rings. The Bertz CT molecular complexity index is 598. The van der Waals surface area contributed by atoms with Crippen LogP contribution >= 0.6 is 11.8 Å². The molecule has 1 rings (SSSR count). The topological polar surface area (TPSA) is 83.8 Å². The second-order valence-corrected chi connectivity index (χ2v) is 8.75. The first-order valence-electron chi connectivity index (χ1n) is 10.7. The fourth-order valence-corrected chi connectivity index (χ4v) is 3.58. The Morgan fingerprint density at radius 1 is 1.10 bits per heavy atom. The van der Waals surface area contributed by atoms with E-state index in [0.29, 0.717) is 18.8 Å². The van der Waals surface area contributed by atoms with Crippen LogP contribution in [0.1, 0.15) is 71.3 Å². The van der Waals surface area contributed by atoms with E-state index in [1.165, 1.54) is 30.7 Å². The highest BCUT2D eigenvalue weighted by atomic mass is 32.2.